The molecule has 1 aromatic rings. The number of aliphatic carboxylic acids is 1. The van der Waals surface area contributed by atoms with Crippen LogP contribution in [0, 0.1) is 13.8 Å². The van der Waals surface area contributed by atoms with Crippen LogP contribution < -0.4 is 5.32 Å². The minimum Gasteiger partial charge on any atom is -0.480 e. The highest BCUT2D eigenvalue weighted by Crippen LogP contribution is 2.25. The van der Waals surface area contributed by atoms with Crippen molar-refractivity contribution in [3.05, 3.63) is 27.7 Å². The van der Waals surface area contributed by atoms with Crippen molar-refractivity contribution in [1.29, 1.82) is 0 Å². The van der Waals surface area contributed by atoms with Gasteiger partial charge in [-0.2, -0.15) is 0 Å². The number of carbonyl (C=O) groups excluding carboxylic acids is 1. The molecule has 2 N–H and O–H groups in total. The number of anilines is 1. The molecule has 0 aliphatic carbocycles. The van der Waals surface area contributed by atoms with Crippen LogP contribution in [0.15, 0.2) is 16.6 Å². The van der Waals surface area contributed by atoms with Gasteiger partial charge >= 0.3 is 12.0 Å². The molecule has 0 aliphatic rings. The molecule has 0 atom stereocenters. The molecule has 0 bridgehead atoms. The predicted molar refractivity (Wildman–Crippen MR) is 86.7 cm³/mol. The Bertz CT molecular complexity index is 547. The Morgan fingerprint density at radius 3 is 2.14 bits per heavy atom. The summed E-state index contributed by atoms with van der Waals surface area (Å²) in [6.45, 7) is 8.95. The van der Waals surface area contributed by atoms with Crippen molar-refractivity contribution in [3.8, 4) is 0 Å². The number of halogens is 1. The third kappa shape index (κ3) is 3.75. The molecule has 0 heterocycles. The molecular formula is C15H21BrN2O3. The standard InChI is InChI=1S/C15H21BrN2O3/c1-6-18(15(4,5)13(19)20)14(21)17-11-7-9(2)12(16)10(3)8-11/h7-8H,6H2,1-5H3,(H,17,21)(H,19,20). The van der Waals surface area contributed by atoms with Crippen molar-refractivity contribution in [2.24, 2.45) is 0 Å². The summed E-state index contributed by atoms with van der Waals surface area (Å²) in [4.78, 5) is 24.9. The maximum atomic E-state index is 12.3. The summed E-state index contributed by atoms with van der Waals surface area (Å²) >= 11 is 3.47. The highest BCUT2D eigenvalue weighted by Gasteiger charge is 2.36. The van der Waals surface area contributed by atoms with E-state index < -0.39 is 17.5 Å². The molecule has 6 heteroatoms. The molecule has 0 saturated heterocycles. The summed E-state index contributed by atoms with van der Waals surface area (Å²) < 4.78 is 0.999. The van der Waals surface area contributed by atoms with E-state index in [1.54, 1.807) is 6.92 Å². The van der Waals surface area contributed by atoms with Gasteiger partial charge in [-0.25, -0.2) is 9.59 Å². The van der Waals surface area contributed by atoms with Crippen LogP contribution in [0.5, 0.6) is 0 Å². The fourth-order valence-corrected chi connectivity index (χ4v) is 2.35. The minimum absolute atomic E-state index is 0.305. The van der Waals surface area contributed by atoms with E-state index in [0.29, 0.717) is 12.2 Å². The van der Waals surface area contributed by atoms with Gasteiger partial charge in [0.1, 0.15) is 5.54 Å². The molecule has 116 valence electrons. The number of benzene rings is 1. The topological polar surface area (TPSA) is 69.6 Å². The number of amides is 2. The lowest BCUT2D eigenvalue weighted by molar-refractivity contribution is -0.147. The van der Waals surface area contributed by atoms with Crippen molar-refractivity contribution >= 4 is 33.6 Å². The normalized spacial score (nSPS) is 11.1. The predicted octanol–water partition coefficient (Wildman–Crippen LogP) is 3.78. The lowest BCUT2D eigenvalue weighted by Crippen LogP contribution is -2.54. The maximum Gasteiger partial charge on any atom is 0.329 e. The molecular weight excluding hydrogens is 336 g/mol. The number of aryl methyl sites for hydroxylation is 2. The number of carbonyl (C=O) groups is 2. The van der Waals surface area contributed by atoms with Crippen molar-refractivity contribution in [2.75, 3.05) is 11.9 Å². The van der Waals surface area contributed by atoms with Gasteiger partial charge in [-0.1, -0.05) is 15.9 Å². The van der Waals surface area contributed by atoms with Crippen LogP contribution in [0.25, 0.3) is 0 Å². The van der Waals surface area contributed by atoms with Gasteiger partial charge in [0.25, 0.3) is 0 Å². The summed E-state index contributed by atoms with van der Waals surface area (Å²) in [5.74, 6) is -1.04. The molecule has 1 rings (SSSR count). The fourth-order valence-electron chi connectivity index (χ4n) is 2.12. The van der Waals surface area contributed by atoms with Crippen LogP contribution in [-0.2, 0) is 4.79 Å². The Hall–Kier alpha value is -1.56. The zero-order valence-electron chi connectivity index (χ0n) is 13.0. The monoisotopic (exact) mass is 356 g/mol. The molecule has 0 aromatic heterocycles. The summed E-state index contributed by atoms with van der Waals surface area (Å²) in [7, 11) is 0. The Kier molecular flexibility index (Phi) is 5.39. The van der Waals surface area contributed by atoms with Gasteiger partial charge in [0, 0.05) is 16.7 Å². The molecule has 0 unspecified atom stereocenters. The zero-order chi connectivity index (χ0) is 16.4. The van der Waals surface area contributed by atoms with Gasteiger partial charge in [0.05, 0.1) is 0 Å². The van der Waals surface area contributed by atoms with Gasteiger partial charge in [-0.05, 0) is 57.9 Å². The van der Waals surface area contributed by atoms with Gasteiger partial charge in [-0.15, -0.1) is 0 Å². The average Bonchev–Trinajstić information content (AvgIpc) is 2.36. The summed E-state index contributed by atoms with van der Waals surface area (Å²) in [5, 5.41) is 12.0. The second-order valence-electron chi connectivity index (χ2n) is 5.46. The van der Waals surface area contributed by atoms with E-state index in [4.69, 9.17) is 0 Å². The van der Waals surface area contributed by atoms with Gasteiger partial charge < -0.3 is 15.3 Å². The average molecular weight is 357 g/mol. The lowest BCUT2D eigenvalue weighted by atomic mass is 10.0. The van der Waals surface area contributed by atoms with Crippen molar-refractivity contribution in [3.63, 3.8) is 0 Å². The van der Waals surface area contributed by atoms with E-state index >= 15 is 0 Å². The first-order valence-corrected chi connectivity index (χ1v) is 7.49. The SMILES string of the molecule is CCN(C(=O)Nc1cc(C)c(Br)c(C)c1)C(C)(C)C(=O)O. The number of nitrogens with one attached hydrogen (secondary N) is 1. The number of likely N-dealkylation sites (N-methyl/N-ethyl adjacent to an activating group) is 1. The first-order valence-electron chi connectivity index (χ1n) is 6.70. The Morgan fingerprint density at radius 1 is 1.29 bits per heavy atom. The number of nitrogens with zero attached hydrogens (tertiary/aromatic N) is 1. The van der Waals surface area contributed by atoms with E-state index in [9.17, 15) is 14.7 Å². The van der Waals surface area contributed by atoms with Crippen molar-refractivity contribution in [2.45, 2.75) is 40.2 Å². The van der Waals surface area contributed by atoms with Crippen molar-refractivity contribution < 1.29 is 14.7 Å². The second kappa shape index (κ2) is 6.47. The fraction of sp³-hybridized carbons (Fsp3) is 0.467. The molecule has 2 amide bonds. The summed E-state index contributed by atoms with van der Waals surface area (Å²) in [6, 6.07) is 3.26. The van der Waals surface area contributed by atoms with Crippen LogP contribution in [0.1, 0.15) is 31.9 Å². The molecule has 0 radical (unpaired) electrons. The zero-order valence-corrected chi connectivity index (χ0v) is 14.5. The van der Waals surface area contributed by atoms with E-state index in [1.807, 2.05) is 26.0 Å². The van der Waals surface area contributed by atoms with Gasteiger partial charge in [-0.3, -0.25) is 0 Å². The third-order valence-electron chi connectivity index (χ3n) is 3.45. The molecule has 0 spiro atoms. The summed E-state index contributed by atoms with van der Waals surface area (Å²) in [6.07, 6.45) is 0. The number of hydrogen-bond donors (Lipinski definition) is 2. The Labute approximate surface area is 133 Å². The van der Waals surface area contributed by atoms with Crippen LogP contribution in [0.2, 0.25) is 0 Å². The third-order valence-corrected chi connectivity index (χ3v) is 4.70. The van der Waals surface area contributed by atoms with Crippen LogP contribution in [0.3, 0.4) is 0 Å². The first kappa shape index (κ1) is 17.5. The van der Waals surface area contributed by atoms with E-state index in [2.05, 4.69) is 21.2 Å². The smallest absolute Gasteiger partial charge is 0.329 e. The number of rotatable bonds is 4. The van der Waals surface area contributed by atoms with E-state index in [0.717, 1.165) is 15.6 Å². The van der Waals surface area contributed by atoms with E-state index in [-0.39, 0.29) is 0 Å². The maximum absolute atomic E-state index is 12.3. The largest absolute Gasteiger partial charge is 0.480 e. The van der Waals surface area contributed by atoms with Gasteiger partial charge in [0.2, 0.25) is 0 Å². The quantitative estimate of drug-likeness (QED) is 0.862. The molecule has 0 aliphatic heterocycles. The molecule has 0 saturated carbocycles. The van der Waals surface area contributed by atoms with Crippen LogP contribution >= 0.6 is 15.9 Å². The lowest BCUT2D eigenvalue weighted by Gasteiger charge is -2.34. The van der Waals surface area contributed by atoms with Crippen LogP contribution in [0.4, 0.5) is 10.5 Å². The minimum atomic E-state index is -1.27. The van der Waals surface area contributed by atoms with Crippen LogP contribution in [-0.4, -0.2) is 34.1 Å². The first-order chi connectivity index (χ1) is 9.61. The summed E-state index contributed by atoms with van der Waals surface area (Å²) in [5.41, 5.74) is 1.40. The molecule has 21 heavy (non-hydrogen) atoms. The number of urea groups is 1. The number of carboxylic acids is 1. The highest BCUT2D eigenvalue weighted by atomic mass is 79.9. The Balaban J connectivity index is 3.02. The number of carboxylic acid groups (broad SMARTS) is 1. The molecule has 0 fully saturated rings. The highest BCUT2D eigenvalue weighted by molar-refractivity contribution is 9.10. The second-order valence-corrected chi connectivity index (χ2v) is 6.26. The van der Waals surface area contributed by atoms with Crippen molar-refractivity contribution in [1.82, 2.24) is 4.90 Å². The molecule has 1 aromatic carbocycles. The van der Waals surface area contributed by atoms with E-state index in [1.165, 1.54) is 18.7 Å². The number of hydrogen-bond acceptors (Lipinski definition) is 2. The molecule has 5 nitrogen and oxygen atoms in total. The van der Waals surface area contributed by atoms with Gasteiger partial charge in [0.15, 0.2) is 0 Å². The Morgan fingerprint density at radius 2 is 1.76 bits per heavy atom.